The molecule has 0 aliphatic rings. The van der Waals surface area contributed by atoms with Crippen LogP contribution in [0.1, 0.15) is 238 Å². The number of hydrogen-bond acceptors (Lipinski definition) is 7. The molecule has 0 fully saturated rings. The molecule has 0 N–H and O–H groups in total. The minimum atomic E-state index is -0.816. The van der Waals surface area contributed by atoms with E-state index in [1.54, 1.807) is 24.3 Å². The minimum absolute atomic E-state index is 0.377. The van der Waals surface area contributed by atoms with E-state index in [0.717, 1.165) is 38.5 Å². The summed E-state index contributed by atoms with van der Waals surface area (Å²) in [6, 6.07) is 14.3. The SMILES string of the molecule is CCCCCCCCCCCCCCCC(OC(=O)OC(CCCCCCCCCCCCCCC)c1ccccc1C(=O)OC)c1ccccc1C(=O)OC. The van der Waals surface area contributed by atoms with E-state index in [9.17, 15) is 14.4 Å². The first-order chi connectivity index (χ1) is 27.5. The number of ether oxygens (including phenoxy) is 4. The molecule has 0 amide bonds. The van der Waals surface area contributed by atoms with Crippen LogP contribution in [0.4, 0.5) is 4.79 Å². The Morgan fingerprint density at radius 2 is 0.679 bits per heavy atom. The minimum Gasteiger partial charge on any atom is -0.465 e. The second-order valence-electron chi connectivity index (χ2n) is 15.7. The van der Waals surface area contributed by atoms with E-state index in [2.05, 4.69) is 13.8 Å². The Morgan fingerprint density at radius 3 is 0.964 bits per heavy atom. The lowest BCUT2D eigenvalue weighted by Gasteiger charge is -2.24. The molecule has 0 radical (unpaired) electrons. The van der Waals surface area contributed by atoms with Gasteiger partial charge in [-0.25, -0.2) is 14.4 Å². The van der Waals surface area contributed by atoms with Crippen LogP contribution < -0.4 is 0 Å². The third kappa shape index (κ3) is 21.3. The lowest BCUT2D eigenvalue weighted by atomic mass is 9.97. The van der Waals surface area contributed by atoms with E-state index in [1.165, 1.54) is 143 Å². The van der Waals surface area contributed by atoms with Gasteiger partial charge in [0.2, 0.25) is 0 Å². The van der Waals surface area contributed by atoms with Crippen molar-refractivity contribution in [2.24, 2.45) is 0 Å². The molecule has 2 aromatic rings. The Bertz CT molecular complexity index is 1210. The van der Waals surface area contributed by atoms with Crippen molar-refractivity contribution >= 4 is 18.1 Å². The molecule has 0 saturated carbocycles. The van der Waals surface area contributed by atoms with Gasteiger partial charge in [-0.05, 0) is 37.8 Å². The molecule has 7 nitrogen and oxygen atoms in total. The second-order valence-corrected chi connectivity index (χ2v) is 15.7. The van der Waals surface area contributed by atoms with Gasteiger partial charge in [0.05, 0.1) is 25.3 Å². The maximum absolute atomic E-state index is 13.7. The van der Waals surface area contributed by atoms with Crippen LogP contribution >= 0.6 is 0 Å². The molecular formula is C49H78O7. The van der Waals surface area contributed by atoms with Crippen LogP contribution in [0.2, 0.25) is 0 Å². The number of benzene rings is 2. The van der Waals surface area contributed by atoms with Crippen molar-refractivity contribution in [2.75, 3.05) is 14.2 Å². The highest BCUT2D eigenvalue weighted by Crippen LogP contribution is 2.32. The fraction of sp³-hybridized carbons (Fsp3) is 0.694. The number of carbonyl (C=O) groups excluding carboxylic acids is 3. The van der Waals surface area contributed by atoms with Gasteiger partial charge in [-0.1, -0.05) is 204 Å². The lowest BCUT2D eigenvalue weighted by Crippen LogP contribution is -2.20. The fourth-order valence-electron chi connectivity index (χ4n) is 7.66. The maximum Gasteiger partial charge on any atom is 0.509 e. The molecular weight excluding hydrogens is 701 g/mol. The first-order valence-corrected chi connectivity index (χ1v) is 22.7. The van der Waals surface area contributed by atoms with Crippen LogP contribution in [-0.4, -0.2) is 32.3 Å². The van der Waals surface area contributed by atoms with Crippen LogP contribution in [0.5, 0.6) is 0 Å². The molecule has 2 atom stereocenters. The third-order valence-corrected chi connectivity index (χ3v) is 11.0. The van der Waals surface area contributed by atoms with Gasteiger partial charge in [-0.3, -0.25) is 0 Å². The molecule has 316 valence electrons. The maximum atomic E-state index is 13.7. The molecule has 0 aliphatic carbocycles. The molecule has 0 spiro atoms. The average Bonchev–Trinajstić information content (AvgIpc) is 3.22. The first kappa shape index (κ1) is 48.8. The van der Waals surface area contributed by atoms with Gasteiger partial charge in [0.25, 0.3) is 0 Å². The van der Waals surface area contributed by atoms with Crippen LogP contribution in [0.25, 0.3) is 0 Å². The van der Waals surface area contributed by atoms with Gasteiger partial charge < -0.3 is 18.9 Å². The van der Waals surface area contributed by atoms with Crippen molar-refractivity contribution in [1.82, 2.24) is 0 Å². The van der Waals surface area contributed by atoms with Gasteiger partial charge in [0, 0.05) is 11.1 Å². The summed E-state index contributed by atoms with van der Waals surface area (Å²) in [6.45, 7) is 4.52. The van der Waals surface area contributed by atoms with Crippen LogP contribution in [0, 0.1) is 0 Å². The highest BCUT2D eigenvalue weighted by molar-refractivity contribution is 5.91. The van der Waals surface area contributed by atoms with Crippen molar-refractivity contribution in [3.63, 3.8) is 0 Å². The zero-order valence-corrected chi connectivity index (χ0v) is 35.9. The van der Waals surface area contributed by atoms with Gasteiger partial charge >= 0.3 is 18.1 Å². The van der Waals surface area contributed by atoms with Gasteiger partial charge in [-0.15, -0.1) is 0 Å². The van der Waals surface area contributed by atoms with E-state index >= 15 is 0 Å². The summed E-state index contributed by atoms with van der Waals surface area (Å²) in [7, 11) is 2.71. The topological polar surface area (TPSA) is 88.1 Å². The second kappa shape index (κ2) is 32.7. The number of methoxy groups -OCH3 is 2. The molecule has 2 rings (SSSR count). The summed E-state index contributed by atoms with van der Waals surface area (Å²) in [5, 5.41) is 0. The van der Waals surface area contributed by atoms with Crippen molar-refractivity contribution in [2.45, 2.75) is 206 Å². The van der Waals surface area contributed by atoms with E-state index in [1.807, 2.05) is 24.3 Å². The quantitative estimate of drug-likeness (QED) is 0.0397. The summed E-state index contributed by atoms with van der Waals surface area (Å²) < 4.78 is 22.3. The van der Waals surface area contributed by atoms with Gasteiger partial charge in [0.15, 0.2) is 0 Å². The summed E-state index contributed by atoms with van der Waals surface area (Å²) in [6.07, 6.45) is 31.2. The average molecular weight is 779 g/mol. The molecule has 0 heterocycles. The molecule has 0 aromatic heterocycles. The summed E-state index contributed by atoms with van der Waals surface area (Å²) in [5.41, 5.74) is 1.97. The number of carbonyl (C=O) groups is 3. The Labute approximate surface area is 341 Å². The van der Waals surface area contributed by atoms with Crippen LogP contribution in [0.15, 0.2) is 48.5 Å². The van der Waals surface area contributed by atoms with Crippen LogP contribution in [-0.2, 0) is 18.9 Å². The predicted molar refractivity (Wildman–Crippen MR) is 229 cm³/mol. The fourth-order valence-corrected chi connectivity index (χ4v) is 7.66. The highest BCUT2D eigenvalue weighted by Gasteiger charge is 2.28. The predicted octanol–water partition coefficient (Wildman–Crippen LogP) is 15.2. The zero-order valence-electron chi connectivity index (χ0n) is 35.9. The number of unbranched alkanes of at least 4 members (excludes halogenated alkanes) is 24. The normalized spacial score (nSPS) is 12.2. The van der Waals surface area contributed by atoms with Crippen molar-refractivity contribution in [1.29, 1.82) is 0 Å². The summed E-state index contributed by atoms with van der Waals surface area (Å²) in [4.78, 5) is 39.2. The monoisotopic (exact) mass is 779 g/mol. The molecule has 2 aromatic carbocycles. The Morgan fingerprint density at radius 1 is 0.411 bits per heavy atom. The smallest absolute Gasteiger partial charge is 0.465 e. The van der Waals surface area contributed by atoms with E-state index in [4.69, 9.17) is 18.9 Å². The summed E-state index contributed by atoms with van der Waals surface area (Å²) >= 11 is 0. The Kier molecular flexibility index (Phi) is 28.5. The molecule has 2 unspecified atom stereocenters. The van der Waals surface area contributed by atoms with E-state index in [0.29, 0.717) is 35.1 Å². The zero-order chi connectivity index (χ0) is 40.5. The van der Waals surface area contributed by atoms with E-state index < -0.39 is 30.3 Å². The molecule has 0 saturated heterocycles. The molecule has 7 heteroatoms. The number of esters is 2. The molecule has 0 bridgehead atoms. The number of hydrogen-bond donors (Lipinski definition) is 0. The Hall–Kier alpha value is -3.35. The largest absolute Gasteiger partial charge is 0.509 e. The highest BCUT2D eigenvalue weighted by atomic mass is 16.7. The van der Waals surface area contributed by atoms with Gasteiger partial charge in [0.1, 0.15) is 12.2 Å². The van der Waals surface area contributed by atoms with Crippen molar-refractivity contribution in [3.8, 4) is 0 Å². The Balaban J connectivity index is 1.99. The molecule has 0 aliphatic heterocycles. The van der Waals surface area contributed by atoms with E-state index in [-0.39, 0.29) is 0 Å². The first-order valence-electron chi connectivity index (χ1n) is 22.7. The standard InChI is InChI=1S/C49H78O7/c1-5-7-9-11-13-15-17-19-21-23-25-27-29-39-45(41-35-31-33-37-43(41)47(50)53-3)55-49(52)56-46(42-36-32-34-38-44(42)48(51)54-4)40-30-28-26-24-22-20-18-16-14-12-10-8-6-2/h31-38,45-46H,5-30,39-40H2,1-4H3. The number of rotatable bonds is 34. The van der Waals surface area contributed by atoms with Crippen molar-refractivity contribution in [3.05, 3.63) is 70.8 Å². The summed E-state index contributed by atoms with van der Waals surface area (Å²) in [5.74, 6) is -0.944. The van der Waals surface area contributed by atoms with Gasteiger partial charge in [-0.2, -0.15) is 0 Å². The van der Waals surface area contributed by atoms with Crippen molar-refractivity contribution < 1.29 is 33.3 Å². The third-order valence-electron chi connectivity index (χ3n) is 11.0. The molecule has 56 heavy (non-hydrogen) atoms. The van der Waals surface area contributed by atoms with Crippen LogP contribution in [0.3, 0.4) is 0 Å². The lowest BCUT2D eigenvalue weighted by molar-refractivity contribution is -0.00960.